The summed E-state index contributed by atoms with van der Waals surface area (Å²) in [7, 11) is 0. The second-order valence-electron chi connectivity index (χ2n) is 3.82. The summed E-state index contributed by atoms with van der Waals surface area (Å²) < 4.78 is 0. The van der Waals surface area contributed by atoms with Crippen LogP contribution >= 0.6 is 0 Å². The van der Waals surface area contributed by atoms with Gasteiger partial charge in [0.05, 0.1) is 6.04 Å². The summed E-state index contributed by atoms with van der Waals surface area (Å²) in [6.45, 7) is 4.75. The van der Waals surface area contributed by atoms with Crippen molar-refractivity contribution in [3.63, 3.8) is 0 Å². The quantitative estimate of drug-likeness (QED) is 0.649. The highest BCUT2D eigenvalue weighted by molar-refractivity contribution is 5.81. The van der Waals surface area contributed by atoms with Crippen LogP contribution in [-0.4, -0.2) is 24.5 Å². The minimum Gasteiger partial charge on any atom is -0.355 e. The van der Waals surface area contributed by atoms with E-state index in [0.29, 0.717) is 6.04 Å². The minimum absolute atomic E-state index is 0.0774. The molecule has 0 spiro atoms. The zero-order chi connectivity index (χ0) is 10.4. The van der Waals surface area contributed by atoms with Gasteiger partial charge in [-0.25, -0.2) is 0 Å². The van der Waals surface area contributed by atoms with Crippen molar-refractivity contribution in [2.75, 3.05) is 6.54 Å². The third-order valence-corrected chi connectivity index (χ3v) is 2.44. The Morgan fingerprint density at radius 2 is 2.14 bits per heavy atom. The highest BCUT2D eigenvalue weighted by Gasteiger charge is 2.17. The third kappa shape index (κ3) is 3.50. The Morgan fingerprint density at radius 3 is 2.71 bits per heavy atom. The van der Waals surface area contributed by atoms with E-state index in [4.69, 9.17) is 0 Å². The molecule has 0 saturated heterocycles. The van der Waals surface area contributed by atoms with E-state index < -0.39 is 0 Å². The molecule has 2 N–H and O–H groups in total. The Labute approximate surface area is 86.0 Å². The Bertz CT molecular complexity index is 205. The van der Waals surface area contributed by atoms with Crippen molar-refractivity contribution in [3.8, 4) is 0 Å². The molecule has 0 bridgehead atoms. The van der Waals surface area contributed by atoms with Gasteiger partial charge >= 0.3 is 0 Å². The highest BCUT2D eigenvalue weighted by Crippen LogP contribution is 2.09. The summed E-state index contributed by atoms with van der Waals surface area (Å²) in [6.07, 6.45) is 7.41. The first-order valence-electron chi connectivity index (χ1n) is 5.42. The Kier molecular flexibility index (Phi) is 4.66. The number of rotatable bonds is 5. The van der Waals surface area contributed by atoms with Gasteiger partial charge in [-0.15, -0.1) is 0 Å². The van der Waals surface area contributed by atoms with Crippen molar-refractivity contribution >= 4 is 5.91 Å². The van der Waals surface area contributed by atoms with Crippen molar-refractivity contribution < 1.29 is 4.79 Å². The van der Waals surface area contributed by atoms with Crippen LogP contribution < -0.4 is 10.6 Å². The average Bonchev–Trinajstić information content (AvgIpc) is 2.66. The summed E-state index contributed by atoms with van der Waals surface area (Å²) in [5.74, 6) is 0.110. The van der Waals surface area contributed by atoms with Gasteiger partial charge in [-0.1, -0.05) is 19.1 Å². The maximum Gasteiger partial charge on any atom is 0.236 e. The molecule has 0 aromatic carbocycles. The van der Waals surface area contributed by atoms with E-state index in [1.165, 1.54) is 0 Å². The van der Waals surface area contributed by atoms with Crippen molar-refractivity contribution in [2.24, 2.45) is 0 Å². The van der Waals surface area contributed by atoms with Crippen LogP contribution in [0.25, 0.3) is 0 Å². The lowest BCUT2D eigenvalue weighted by Crippen LogP contribution is -2.46. The molecule has 3 nitrogen and oxygen atoms in total. The van der Waals surface area contributed by atoms with Gasteiger partial charge < -0.3 is 10.6 Å². The molecule has 0 radical (unpaired) electrons. The number of carbonyl (C=O) groups excluding carboxylic acids is 1. The van der Waals surface area contributed by atoms with Crippen molar-refractivity contribution in [1.29, 1.82) is 0 Å². The SMILES string of the molecule is CCCNC(=O)C(C)NC1CC=CC1. The molecular formula is C11H20N2O. The van der Waals surface area contributed by atoms with E-state index in [9.17, 15) is 4.79 Å². The molecule has 80 valence electrons. The lowest BCUT2D eigenvalue weighted by Gasteiger charge is -2.18. The Balaban J connectivity index is 2.19. The number of nitrogens with one attached hydrogen (secondary N) is 2. The van der Waals surface area contributed by atoms with Crippen LogP contribution in [-0.2, 0) is 4.79 Å². The van der Waals surface area contributed by atoms with Gasteiger partial charge in [0, 0.05) is 12.6 Å². The van der Waals surface area contributed by atoms with Crippen LogP contribution in [0, 0.1) is 0 Å². The molecule has 1 atom stereocenters. The fourth-order valence-electron chi connectivity index (χ4n) is 1.58. The smallest absolute Gasteiger partial charge is 0.236 e. The maximum absolute atomic E-state index is 11.5. The third-order valence-electron chi connectivity index (χ3n) is 2.44. The van der Waals surface area contributed by atoms with Crippen molar-refractivity contribution in [1.82, 2.24) is 10.6 Å². The number of amides is 1. The molecule has 0 aliphatic heterocycles. The van der Waals surface area contributed by atoms with Gasteiger partial charge in [0.25, 0.3) is 0 Å². The molecule has 1 aliphatic rings. The van der Waals surface area contributed by atoms with Gasteiger partial charge in [0.2, 0.25) is 5.91 Å². The first kappa shape index (κ1) is 11.2. The van der Waals surface area contributed by atoms with Crippen molar-refractivity contribution in [3.05, 3.63) is 12.2 Å². The zero-order valence-corrected chi connectivity index (χ0v) is 9.05. The van der Waals surface area contributed by atoms with E-state index in [1.54, 1.807) is 0 Å². The molecule has 0 aromatic heterocycles. The highest BCUT2D eigenvalue weighted by atomic mass is 16.2. The largest absolute Gasteiger partial charge is 0.355 e. The van der Waals surface area contributed by atoms with E-state index in [0.717, 1.165) is 25.8 Å². The summed E-state index contributed by atoms with van der Waals surface area (Å²) in [6, 6.07) is 0.379. The monoisotopic (exact) mass is 196 g/mol. The number of carbonyl (C=O) groups is 1. The molecule has 1 amide bonds. The van der Waals surface area contributed by atoms with Gasteiger partial charge in [0.15, 0.2) is 0 Å². The lowest BCUT2D eigenvalue weighted by atomic mass is 10.2. The van der Waals surface area contributed by atoms with Crippen LogP contribution in [0.5, 0.6) is 0 Å². The Morgan fingerprint density at radius 1 is 1.50 bits per heavy atom. The fraction of sp³-hybridized carbons (Fsp3) is 0.727. The molecule has 0 aromatic rings. The molecule has 0 heterocycles. The first-order valence-corrected chi connectivity index (χ1v) is 5.42. The number of hydrogen-bond donors (Lipinski definition) is 2. The molecule has 1 unspecified atom stereocenters. The molecule has 1 rings (SSSR count). The Hall–Kier alpha value is -0.830. The van der Waals surface area contributed by atoms with Crippen LogP contribution in [0.1, 0.15) is 33.1 Å². The van der Waals surface area contributed by atoms with E-state index in [-0.39, 0.29) is 11.9 Å². The lowest BCUT2D eigenvalue weighted by molar-refractivity contribution is -0.122. The van der Waals surface area contributed by atoms with E-state index in [1.807, 2.05) is 6.92 Å². The molecule has 3 heteroatoms. The van der Waals surface area contributed by atoms with E-state index >= 15 is 0 Å². The molecule has 0 fully saturated rings. The summed E-state index contributed by atoms with van der Waals surface area (Å²) in [5, 5.41) is 6.20. The molecule has 14 heavy (non-hydrogen) atoms. The summed E-state index contributed by atoms with van der Waals surface area (Å²) >= 11 is 0. The number of hydrogen-bond acceptors (Lipinski definition) is 2. The maximum atomic E-state index is 11.5. The van der Waals surface area contributed by atoms with Gasteiger partial charge in [0.1, 0.15) is 0 Å². The molecule has 0 saturated carbocycles. The van der Waals surface area contributed by atoms with Crippen LogP contribution in [0.4, 0.5) is 0 Å². The molecule has 1 aliphatic carbocycles. The van der Waals surface area contributed by atoms with Crippen molar-refractivity contribution in [2.45, 2.75) is 45.2 Å². The zero-order valence-electron chi connectivity index (χ0n) is 9.05. The van der Waals surface area contributed by atoms with Crippen LogP contribution in [0.2, 0.25) is 0 Å². The second-order valence-corrected chi connectivity index (χ2v) is 3.82. The topological polar surface area (TPSA) is 41.1 Å². The predicted octanol–water partition coefficient (Wildman–Crippen LogP) is 1.21. The van der Waals surface area contributed by atoms with Crippen LogP contribution in [0.3, 0.4) is 0 Å². The first-order chi connectivity index (χ1) is 6.74. The average molecular weight is 196 g/mol. The second kappa shape index (κ2) is 5.81. The summed E-state index contributed by atoms with van der Waals surface area (Å²) in [4.78, 5) is 11.5. The van der Waals surface area contributed by atoms with Gasteiger partial charge in [-0.3, -0.25) is 4.79 Å². The van der Waals surface area contributed by atoms with Crippen LogP contribution in [0.15, 0.2) is 12.2 Å². The normalized spacial score (nSPS) is 18.4. The van der Waals surface area contributed by atoms with Gasteiger partial charge in [-0.2, -0.15) is 0 Å². The fourth-order valence-corrected chi connectivity index (χ4v) is 1.58. The molecular weight excluding hydrogens is 176 g/mol. The van der Waals surface area contributed by atoms with E-state index in [2.05, 4.69) is 29.7 Å². The predicted molar refractivity (Wildman–Crippen MR) is 58.1 cm³/mol. The minimum atomic E-state index is -0.0774. The summed E-state index contributed by atoms with van der Waals surface area (Å²) in [5.41, 5.74) is 0. The standard InChI is InChI=1S/C11H20N2O/c1-3-8-12-11(14)9(2)13-10-6-4-5-7-10/h4-5,9-10,13H,3,6-8H2,1-2H3,(H,12,14). The van der Waals surface area contributed by atoms with Gasteiger partial charge in [-0.05, 0) is 26.2 Å².